The lowest BCUT2D eigenvalue weighted by Crippen LogP contribution is -2.16. The molecule has 0 fully saturated rings. The van der Waals surface area contributed by atoms with Gasteiger partial charge < -0.3 is 4.74 Å². The van der Waals surface area contributed by atoms with Crippen LogP contribution in [-0.2, 0) is 6.61 Å². The van der Waals surface area contributed by atoms with Gasteiger partial charge >= 0.3 is 0 Å². The van der Waals surface area contributed by atoms with E-state index >= 15 is 0 Å². The van der Waals surface area contributed by atoms with Crippen molar-refractivity contribution in [3.8, 4) is 11.4 Å². The minimum absolute atomic E-state index is 0.118. The average molecular weight is 356 g/mol. The number of hydrogen-bond acceptors (Lipinski definition) is 2. The first-order valence-corrected chi connectivity index (χ1v) is 7.67. The van der Waals surface area contributed by atoms with Crippen LogP contribution in [0, 0.1) is 0 Å². The highest BCUT2D eigenvalue weighted by Gasteiger charge is 2.02. The number of benzene rings is 2. The Morgan fingerprint density at radius 3 is 2.36 bits per heavy atom. The fourth-order valence-corrected chi connectivity index (χ4v) is 2.37. The van der Waals surface area contributed by atoms with Crippen molar-refractivity contribution in [1.29, 1.82) is 0 Å². The Balaban J connectivity index is 1.77. The van der Waals surface area contributed by atoms with Gasteiger partial charge in [0.2, 0.25) is 0 Å². The van der Waals surface area contributed by atoms with Crippen LogP contribution in [0.2, 0.25) is 0 Å². The highest BCUT2D eigenvalue weighted by Crippen LogP contribution is 2.15. The van der Waals surface area contributed by atoms with E-state index in [1.54, 1.807) is 16.8 Å². The Labute approximate surface area is 136 Å². The van der Waals surface area contributed by atoms with Crippen molar-refractivity contribution < 1.29 is 4.74 Å². The maximum Gasteiger partial charge on any atom is 0.258 e. The molecule has 1 aromatic heterocycles. The quantitative estimate of drug-likeness (QED) is 0.702. The topological polar surface area (TPSA) is 31.2 Å². The van der Waals surface area contributed by atoms with Crippen LogP contribution < -0.4 is 10.3 Å². The standard InChI is InChI=1S/C18H14BrNO2/c19-15-6-8-16(9-7-15)20-11-10-17(12-18(20)21)22-13-14-4-2-1-3-5-14/h1-12H,13H2. The van der Waals surface area contributed by atoms with E-state index in [4.69, 9.17) is 4.74 Å². The molecule has 110 valence electrons. The van der Waals surface area contributed by atoms with Crippen LogP contribution in [0.3, 0.4) is 0 Å². The van der Waals surface area contributed by atoms with E-state index in [0.29, 0.717) is 12.4 Å². The van der Waals surface area contributed by atoms with Gasteiger partial charge in [0.15, 0.2) is 0 Å². The molecular formula is C18H14BrNO2. The molecule has 3 rings (SSSR count). The summed E-state index contributed by atoms with van der Waals surface area (Å²) in [5, 5.41) is 0. The van der Waals surface area contributed by atoms with Gasteiger partial charge in [-0.05, 0) is 35.9 Å². The second-order valence-corrected chi connectivity index (χ2v) is 5.74. The van der Waals surface area contributed by atoms with Crippen molar-refractivity contribution in [2.24, 2.45) is 0 Å². The molecule has 0 bridgehead atoms. The first-order chi connectivity index (χ1) is 10.7. The van der Waals surface area contributed by atoms with Gasteiger partial charge in [0, 0.05) is 22.4 Å². The third-order valence-corrected chi connectivity index (χ3v) is 3.77. The maximum absolute atomic E-state index is 12.2. The Hall–Kier alpha value is -2.33. The molecule has 22 heavy (non-hydrogen) atoms. The number of ether oxygens (including phenoxy) is 1. The lowest BCUT2D eigenvalue weighted by atomic mass is 10.2. The zero-order chi connectivity index (χ0) is 15.4. The summed E-state index contributed by atoms with van der Waals surface area (Å²) < 4.78 is 8.23. The monoisotopic (exact) mass is 355 g/mol. The van der Waals surface area contributed by atoms with Crippen LogP contribution in [-0.4, -0.2) is 4.57 Å². The highest BCUT2D eigenvalue weighted by atomic mass is 79.9. The summed E-state index contributed by atoms with van der Waals surface area (Å²) >= 11 is 3.38. The number of nitrogens with zero attached hydrogens (tertiary/aromatic N) is 1. The maximum atomic E-state index is 12.2. The van der Waals surface area contributed by atoms with E-state index < -0.39 is 0 Å². The van der Waals surface area contributed by atoms with Crippen molar-refractivity contribution in [1.82, 2.24) is 4.57 Å². The largest absolute Gasteiger partial charge is 0.489 e. The Morgan fingerprint density at radius 1 is 0.955 bits per heavy atom. The van der Waals surface area contributed by atoms with Gasteiger partial charge in [0.25, 0.3) is 5.56 Å². The van der Waals surface area contributed by atoms with Gasteiger partial charge in [0.1, 0.15) is 12.4 Å². The van der Waals surface area contributed by atoms with Crippen LogP contribution in [0.4, 0.5) is 0 Å². The molecule has 0 aliphatic rings. The van der Waals surface area contributed by atoms with E-state index in [-0.39, 0.29) is 5.56 Å². The number of rotatable bonds is 4. The van der Waals surface area contributed by atoms with Crippen LogP contribution in [0.15, 0.2) is 82.2 Å². The fourth-order valence-electron chi connectivity index (χ4n) is 2.11. The zero-order valence-corrected chi connectivity index (χ0v) is 13.4. The molecule has 0 saturated heterocycles. The first-order valence-electron chi connectivity index (χ1n) is 6.88. The Morgan fingerprint density at radius 2 is 1.68 bits per heavy atom. The second kappa shape index (κ2) is 6.62. The van der Waals surface area contributed by atoms with Gasteiger partial charge in [-0.1, -0.05) is 46.3 Å². The van der Waals surface area contributed by atoms with Crippen molar-refractivity contribution >= 4 is 15.9 Å². The lowest BCUT2D eigenvalue weighted by Gasteiger charge is -2.09. The molecule has 0 aliphatic carbocycles. The molecule has 0 amide bonds. The third-order valence-electron chi connectivity index (χ3n) is 3.24. The van der Waals surface area contributed by atoms with Crippen molar-refractivity contribution in [2.45, 2.75) is 6.61 Å². The van der Waals surface area contributed by atoms with Crippen LogP contribution in [0.25, 0.3) is 5.69 Å². The molecule has 3 nitrogen and oxygen atoms in total. The SMILES string of the molecule is O=c1cc(OCc2ccccc2)ccn1-c1ccc(Br)cc1. The Kier molecular flexibility index (Phi) is 4.39. The summed E-state index contributed by atoms with van der Waals surface area (Å²) in [6.45, 7) is 0.447. The number of aromatic nitrogens is 1. The van der Waals surface area contributed by atoms with Crippen molar-refractivity contribution in [3.63, 3.8) is 0 Å². The van der Waals surface area contributed by atoms with Gasteiger partial charge in [0.05, 0.1) is 0 Å². The molecule has 2 aromatic carbocycles. The molecule has 1 heterocycles. The Bertz CT molecular complexity index is 810. The number of pyridine rings is 1. The normalized spacial score (nSPS) is 10.4. The molecule has 0 unspecified atom stereocenters. The third kappa shape index (κ3) is 3.46. The van der Waals surface area contributed by atoms with E-state index in [1.165, 1.54) is 6.07 Å². The summed E-state index contributed by atoms with van der Waals surface area (Å²) in [5.41, 5.74) is 1.77. The number of hydrogen-bond donors (Lipinski definition) is 0. The van der Waals surface area contributed by atoms with Crippen molar-refractivity contribution in [2.75, 3.05) is 0 Å². The minimum Gasteiger partial charge on any atom is -0.489 e. The first kappa shape index (κ1) is 14.6. The smallest absolute Gasteiger partial charge is 0.258 e. The summed E-state index contributed by atoms with van der Waals surface area (Å²) in [7, 11) is 0. The lowest BCUT2D eigenvalue weighted by molar-refractivity contribution is 0.305. The molecule has 0 radical (unpaired) electrons. The van der Waals surface area contributed by atoms with Gasteiger partial charge in [-0.15, -0.1) is 0 Å². The molecule has 0 N–H and O–H groups in total. The minimum atomic E-state index is -0.118. The van der Waals surface area contributed by atoms with Crippen LogP contribution >= 0.6 is 15.9 Å². The molecule has 4 heteroatoms. The molecule has 0 saturated carbocycles. The summed E-state index contributed by atoms with van der Waals surface area (Å²) in [6.07, 6.45) is 1.73. The predicted molar refractivity (Wildman–Crippen MR) is 90.5 cm³/mol. The van der Waals surface area contributed by atoms with Gasteiger partial charge in [-0.2, -0.15) is 0 Å². The van der Waals surface area contributed by atoms with Gasteiger partial charge in [-0.3, -0.25) is 9.36 Å². The van der Waals surface area contributed by atoms with E-state index in [1.807, 2.05) is 54.6 Å². The molecular weight excluding hydrogens is 342 g/mol. The molecule has 3 aromatic rings. The molecule has 0 spiro atoms. The second-order valence-electron chi connectivity index (χ2n) is 4.82. The van der Waals surface area contributed by atoms with Crippen molar-refractivity contribution in [3.05, 3.63) is 93.3 Å². The fraction of sp³-hybridized carbons (Fsp3) is 0.0556. The molecule has 0 atom stereocenters. The zero-order valence-electron chi connectivity index (χ0n) is 11.8. The van der Waals surface area contributed by atoms with E-state index in [9.17, 15) is 4.79 Å². The van der Waals surface area contributed by atoms with E-state index in [2.05, 4.69) is 15.9 Å². The number of halogens is 1. The van der Waals surface area contributed by atoms with E-state index in [0.717, 1.165) is 15.7 Å². The molecule has 0 aliphatic heterocycles. The highest BCUT2D eigenvalue weighted by molar-refractivity contribution is 9.10. The van der Waals surface area contributed by atoms with Gasteiger partial charge in [-0.25, -0.2) is 0 Å². The van der Waals surface area contributed by atoms with Crippen LogP contribution in [0.5, 0.6) is 5.75 Å². The van der Waals surface area contributed by atoms with Crippen LogP contribution in [0.1, 0.15) is 5.56 Å². The predicted octanol–water partition coefficient (Wildman–Crippen LogP) is 4.18. The average Bonchev–Trinajstić information content (AvgIpc) is 2.55. The summed E-state index contributed by atoms with van der Waals surface area (Å²) in [4.78, 5) is 12.2. The summed E-state index contributed by atoms with van der Waals surface area (Å²) in [6, 6.07) is 20.7. The summed E-state index contributed by atoms with van der Waals surface area (Å²) in [5.74, 6) is 0.571.